The van der Waals surface area contributed by atoms with Crippen molar-refractivity contribution < 1.29 is 13.2 Å². The monoisotopic (exact) mass is 229 g/mol. The van der Waals surface area contributed by atoms with E-state index < -0.39 is 12.6 Å². The standard InChI is InChI=1S/C9H18F3NS/c1-13-8(5-7-14-2)4-3-6-9(10,11)12/h8,13H,3-7H2,1-2H3. The minimum Gasteiger partial charge on any atom is -0.317 e. The van der Waals surface area contributed by atoms with Gasteiger partial charge in [-0.1, -0.05) is 0 Å². The lowest BCUT2D eigenvalue weighted by Crippen LogP contribution is -2.26. The summed E-state index contributed by atoms with van der Waals surface area (Å²) in [5.41, 5.74) is 0. The normalized spacial score (nSPS) is 14.4. The topological polar surface area (TPSA) is 12.0 Å². The van der Waals surface area contributed by atoms with E-state index in [1.807, 2.05) is 6.26 Å². The Bertz CT molecular complexity index is 139. The van der Waals surface area contributed by atoms with Crippen LogP contribution in [0.3, 0.4) is 0 Å². The van der Waals surface area contributed by atoms with E-state index in [1.54, 1.807) is 18.8 Å². The molecule has 1 nitrogen and oxygen atoms in total. The van der Waals surface area contributed by atoms with Crippen LogP contribution in [0, 0.1) is 0 Å². The van der Waals surface area contributed by atoms with E-state index in [4.69, 9.17) is 0 Å². The van der Waals surface area contributed by atoms with Crippen molar-refractivity contribution >= 4 is 11.8 Å². The zero-order chi connectivity index (χ0) is 11.0. The predicted molar refractivity (Wildman–Crippen MR) is 55.8 cm³/mol. The van der Waals surface area contributed by atoms with Crippen LogP contribution in [-0.4, -0.2) is 31.3 Å². The van der Waals surface area contributed by atoms with Crippen molar-refractivity contribution in [3.05, 3.63) is 0 Å². The molecule has 0 bridgehead atoms. The molecule has 0 aromatic heterocycles. The number of hydrogen-bond donors (Lipinski definition) is 1. The Hall–Kier alpha value is 0.100. The van der Waals surface area contributed by atoms with Crippen molar-refractivity contribution in [2.45, 2.75) is 37.9 Å². The summed E-state index contributed by atoms with van der Waals surface area (Å²) in [7, 11) is 1.80. The van der Waals surface area contributed by atoms with Crippen LogP contribution in [0.4, 0.5) is 13.2 Å². The minimum absolute atomic E-state index is 0.226. The fourth-order valence-corrected chi connectivity index (χ4v) is 1.76. The highest BCUT2D eigenvalue weighted by molar-refractivity contribution is 7.98. The zero-order valence-corrected chi connectivity index (χ0v) is 9.47. The summed E-state index contributed by atoms with van der Waals surface area (Å²) in [4.78, 5) is 0. The Morgan fingerprint density at radius 1 is 1.29 bits per heavy atom. The smallest absolute Gasteiger partial charge is 0.317 e. The summed E-state index contributed by atoms with van der Waals surface area (Å²) in [5.74, 6) is 0.998. The van der Waals surface area contributed by atoms with Gasteiger partial charge in [0.15, 0.2) is 0 Å². The van der Waals surface area contributed by atoms with E-state index in [1.165, 1.54) is 0 Å². The molecule has 0 amide bonds. The Morgan fingerprint density at radius 3 is 2.36 bits per heavy atom. The van der Waals surface area contributed by atoms with Crippen molar-refractivity contribution in [1.82, 2.24) is 5.32 Å². The summed E-state index contributed by atoms with van der Waals surface area (Å²) in [6, 6.07) is 0.227. The van der Waals surface area contributed by atoms with Crippen molar-refractivity contribution in [3.63, 3.8) is 0 Å². The first-order valence-corrected chi connectivity index (χ1v) is 6.12. The lowest BCUT2D eigenvalue weighted by Gasteiger charge is -2.15. The summed E-state index contributed by atoms with van der Waals surface area (Å²) in [6.45, 7) is 0. The molecule has 0 saturated heterocycles. The Kier molecular flexibility index (Phi) is 7.45. The van der Waals surface area contributed by atoms with E-state index in [0.717, 1.165) is 12.2 Å². The van der Waals surface area contributed by atoms with Gasteiger partial charge in [0.1, 0.15) is 0 Å². The lowest BCUT2D eigenvalue weighted by molar-refractivity contribution is -0.135. The molecule has 0 spiro atoms. The first-order chi connectivity index (χ1) is 6.49. The molecule has 0 aliphatic heterocycles. The molecular formula is C9H18F3NS. The largest absolute Gasteiger partial charge is 0.389 e. The SMILES string of the molecule is CNC(CCCC(F)(F)F)CCSC. The quantitative estimate of drug-likeness (QED) is 0.720. The average Bonchev–Trinajstić information content (AvgIpc) is 2.09. The van der Waals surface area contributed by atoms with Gasteiger partial charge >= 0.3 is 6.18 Å². The van der Waals surface area contributed by atoms with Crippen LogP contribution in [0.2, 0.25) is 0 Å². The van der Waals surface area contributed by atoms with Crippen LogP contribution in [0.25, 0.3) is 0 Å². The maximum atomic E-state index is 11.8. The number of nitrogens with one attached hydrogen (secondary N) is 1. The number of rotatable bonds is 7. The summed E-state index contributed by atoms with van der Waals surface area (Å²) < 4.78 is 35.5. The second-order valence-electron chi connectivity index (χ2n) is 3.27. The van der Waals surface area contributed by atoms with Crippen molar-refractivity contribution in [2.24, 2.45) is 0 Å². The fourth-order valence-electron chi connectivity index (χ4n) is 1.24. The number of thioether (sulfide) groups is 1. The molecule has 14 heavy (non-hydrogen) atoms. The lowest BCUT2D eigenvalue weighted by atomic mass is 10.1. The van der Waals surface area contributed by atoms with Gasteiger partial charge in [0, 0.05) is 12.5 Å². The zero-order valence-electron chi connectivity index (χ0n) is 8.66. The number of hydrogen-bond acceptors (Lipinski definition) is 2. The van der Waals surface area contributed by atoms with Gasteiger partial charge in [-0.25, -0.2) is 0 Å². The number of halogens is 3. The highest BCUT2D eigenvalue weighted by Crippen LogP contribution is 2.23. The maximum Gasteiger partial charge on any atom is 0.389 e. The number of alkyl halides is 3. The van der Waals surface area contributed by atoms with Crippen molar-refractivity contribution in [3.8, 4) is 0 Å². The minimum atomic E-state index is -4.00. The first-order valence-electron chi connectivity index (χ1n) is 4.72. The Morgan fingerprint density at radius 2 is 1.93 bits per heavy atom. The third-order valence-electron chi connectivity index (χ3n) is 2.09. The molecule has 1 unspecified atom stereocenters. The van der Waals surface area contributed by atoms with Gasteiger partial charge in [0.2, 0.25) is 0 Å². The van der Waals surface area contributed by atoms with E-state index in [9.17, 15) is 13.2 Å². The molecule has 0 saturated carbocycles. The predicted octanol–water partition coefficient (Wildman–Crippen LogP) is 3.06. The second kappa shape index (κ2) is 7.40. The molecule has 0 aliphatic rings. The van der Waals surface area contributed by atoms with Crippen LogP contribution in [0.1, 0.15) is 25.7 Å². The van der Waals surface area contributed by atoms with E-state index in [2.05, 4.69) is 5.32 Å². The molecule has 0 aromatic rings. The Labute approximate surface area is 87.8 Å². The van der Waals surface area contributed by atoms with Crippen LogP contribution >= 0.6 is 11.8 Å². The third kappa shape index (κ3) is 8.69. The maximum absolute atomic E-state index is 11.8. The van der Waals surface area contributed by atoms with Gasteiger partial charge in [0.25, 0.3) is 0 Å². The van der Waals surface area contributed by atoms with Crippen LogP contribution in [0.5, 0.6) is 0 Å². The average molecular weight is 229 g/mol. The van der Waals surface area contributed by atoms with Gasteiger partial charge in [-0.2, -0.15) is 24.9 Å². The fraction of sp³-hybridized carbons (Fsp3) is 1.00. The molecule has 86 valence electrons. The van der Waals surface area contributed by atoms with Gasteiger partial charge < -0.3 is 5.32 Å². The molecule has 0 radical (unpaired) electrons. The van der Waals surface area contributed by atoms with Gasteiger partial charge in [0.05, 0.1) is 0 Å². The van der Waals surface area contributed by atoms with E-state index >= 15 is 0 Å². The van der Waals surface area contributed by atoms with Gasteiger partial charge in [-0.15, -0.1) is 0 Å². The third-order valence-corrected chi connectivity index (χ3v) is 2.74. The van der Waals surface area contributed by atoms with Gasteiger partial charge in [-0.3, -0.25) is 0 Å². The molecule has 1 N–H and O–H groups in total. The molecule has 0 heterocycles. The molecule has 0 fully saturated rings. The second-order valence-corrected chi connectivity index (χ2v) is 4.26. The molecule has 0 aliphatic carbocycles. The van der Waals surface area contributed by atoms with Crippen LogP contribution in [-0.2, 0) is 0 Å². The van der Waals surface area contributed by atoms with Crippen LogP contribution in [0.15, 0.2) is 0 Å². The molecule has 5 heteroatoms. The first kappa shape index (κ1) is 14.1. The Balaban J connectivity index is 3.52. The van der Waals surface area contributed by atoms with Crippen molar-refractivity contribution in [2.75, 3.05) is 19.1 Å². The van der Waals surface area contributed by atoms with Crippen LogP contribution < -0.4 is 5.32 Å². The molecular weight excluding hydrogens is 211 g/mol. The summed E-state index contributed by atoms with van der Waals surface area (Å²) in [6.07, 6.45) is -0.889. The molecule has 0 rings (SSSR count). The van der Waals surface area contributed by atoms with Crippen molar-refractivity contribution in [1.29, 1.82) is 0 Å². The van der Waals surface area contributed by atoms with E-state index in [0.29, 0.717) is 6.42 Å². The molecule has 0 aromatic carbocycles. The highest BCUT2D eigenvalue weighted by atomic mass is 32.2. The van der Waals surface area contributed by atoms with Gasteiger partial charge in [-0.05, 0) is 38.3 Å². The summed E-state index contributed by atoms with van der Waals surface area (Å²) >= 11 is 1.72. The van der Waals surface area contributed by atoms with E-state index in [-0.39, 0.29) is 12.5 Å². The highest BCUT2D eigenvalue weighted by Gasteiger charge is 2.26. The molecule has 1 atom stereocenters. The summed E-state index contributed by atoms with van der Waals surface area (Å²) in [5, 5.41) is 3.04.